The zero-order valence-corrected chi connectivity index (χ0v) is 17.4. The van der Waals surface area contributed by atoms with E-state index in [-0.39, 0.29) is 23.8 Å². The Bertz CT molecular complexity index is 421. The summed E-state index contributed by atoms with van der Waals surface area (Å²) in [6.07, 6.45) is 7.09. The third-order valence-corrected chi connectivity index (χ3v) is 6.29. The first-order chi connectivity index (χ1) is 13.0. The molecule has 1 amide bonds. The van der Waals surface area contributed by atoms with E-state index in [9.17, 15) is 9.90 Å². The summed E-state index contributed by atoms with van der Waals surface area (Å²) >= 11 is 0. The van der Waals surface area contributed by atoms with Gasteiger partial charge in [0.05, 0.1) is 19.3 Å². The third kappa shape index (κ3) is 8.06. The lowest BCUT2D eigenvalue weighted by Gasteiger charge is -2.30. The number of ether oxygens (including phenoxy) is 1. The zero-order chi connectivity index (χ0) is 19.6. The van der Waals surface area contributed by atoms with Crippen LogP contribution in [0.5, 0.6) is 0 Å². The maximum absolute atomic E-state index is 12.7. The zero-order valence-electron chi connectivity index (χ0n) is 17.4. The van der Waals surface area contributed by atoms with Crippen LogP contribution < -0.4 is 11.1 Å². The Kier molecular flexibility index (Phi) is 10.0. The number of aliphatic hydroxyl groups is 1. The highest BCUT2D eigenvalue weighted by Gasteiger charge is 2.29. The normalized spacial score (nSPS) is 23.1. The molecule has 1 aliphatic carbocycles. The molecule has 0 aromatic heterocycles. The highest BCUT2D eigenvalue weighted by atomic mass is 16.5. The molecule has 0 spiro atoms. The number of nitrogens with two attached hydrogens (primary N) is 1. The van der Waals surface area contributed by atoms with Crippen molar-refractivity contribution in [3.05, 3.63) is 0 Å². The molecule has 2 aliphatic rings. The van der Waals surface area contributed by atoms with Gasteiger partial charge in [0.2, 0.25) is 5.91 Å². The van der Waals surface area contributed by atoms with E-state index in [1.54, 1.807) is 0 Å². The summed E-state index contributed by atoms with van der Waals surface area (Å²) in [6.45, 7) is 8.99. The van der Waals surface area contributed by atoms with E-state index in [1.807, 2.05) is 13.8 Å². The number of nitrogens with zero attached hydrogens (tertiary/aromatic N) is 1. The van der Waals surface area contributed by atoms with Crippen molar-refractivity contribution in [2.45, 2.75) is 70.9 Å². The molecule has 6 nitrogen and oxygen atoms in total. The minimum atomic E-state index is -0.607. The lowest BCUT2D eigenvalue weighted by atomic mass is 9.81. The molecule has 0 unspecified atom stereocenters. The number of amides is 1. The van der Waals surface area contributed by atoms with E-state index in [1.165, 1.54) is 32.1 Å². The molecule has 6 heteroatoms. The van der Waals surface area contributed by atoms with Crippen molar-refractivity contribution in [2.75, 3.05) is 39.4 Å². The fraction of sp³-hybridized carbons (Fsp3) is 0.952. The van der Waals surface area contributed by atoms with E-state index in [0.717, 1.165) is 39.3 Å². The molecule has 0 radical (unpaired) electrons. The Morgan fingerprint density at radius 3 is 2.52 bits per heavy atom. The van der Waals surface area contributed by atoms with E-state index in [0.29, 0.717) is 18.9 Å². The van der Waals surface area contributed by atoms with Gasteiger partial charge in [0, 0.05) is 38.1 Å². The molecule has 2 fully saturated rings. The van der Waals surface area contributed by atoms with Crippen LogP contribution in [-0.2, 0) is 9.53 Å². The highest BCUT2D eigenvalue weighted by Crippen LogP contribution is 2.28. The molecule has 0 aromatic rings. The molecule has 1 heterocycles. The van der Waals surface area contributed by atoms with Gasteiger partial charge in [-0.3, -0.25) is 9.69 Å². The third-order valence-electron chi connectivity index (χ3n) is 6.29. The van der Waals surface area contributed by atoms with E-state index >= 15 is 0 Å². The number of carbonyl (C=O) groups is 1. The molecule has 158 valence electrons. The molecule has 3 atom stereocenters. The van der Waals surface area contributed by atoms with Crippen molar-refractivity contribution in [3.63, 3.8) is 0 Å². The first-order valence-electron chi connectivity index (χ1n) is 11.0. The Balaban J connectivity index is 1.73. The van der Waals surface area contributed by atoms with E-state index in [2.05, 4.69) is 10.2 Å². The Hall–Kier alpha value is -0.690. The Morgan fingerprint density at radius 1 is 1.22 bits per heavy atom. The summed E-state index contributed by atoms with van der Waals surface area (Å²) < 4.78 is 5.35. The van der Waals surface area contributed by atoms with Crippen LogP contribution in [-0.4, -0.2) is 67.5 Å². The summed E-state index contributed by atoms with van der Waals surface area (Å²) in [6, 6.07) is -0.226. The number of hydrogen-bond acceptors (Lipinski definition) is 5. The fourth-order valence-corrected chi connectivity index (χ4v) is 4.37. The van der Waals surface area contributed by atoms with Gasteiger partial charge >= 0.3 is 0 Å². The van der Waals surface area contributed by atoms with Crippen LogP contribution in [0.4, 0.5) is 0 Å². The predicted molar refractivity (Wildman–Crippen MR) is 108 cm³/mol. The van der Waals surface area contributed by atoms with Crippen molar-refractivity contribution < 1.29 is 14.6 Å². The molecular weight excluding hydrogens is 342 g/mol. The molecule has 1 aliphatic heterocycles. The first kappa shape index (κ1) is 22.6. The molecule has 0 bridgehead atoms. The Morgan fingerprint density at radius 2 is 1.89 bits per heavy atom. The van der Waals surface area contributed by atoms with Gasteiger partial charge < -0.3 is 20.9 Å². The predicted octanol–water partition coefficient (Wildman–Crippen LogP) is 1.76. The lowest BCUT2D eigenvalue weighted by molar-refractivity contribution is -0.127. The summed E-state index contributed by atoms with van der Waals surface area (Å²) in [5.41, 5.74) is 6.29. The van der Waals surface area contributed by atoms with Crippen molar-refractivity contribution in [3.8, 4) is 0 Å². The molecular formula is C21H41N3O3. The minimum absolute atomic E-state index is 0.0437. The average Bonchev–Trinajstić information content (AvgIpc) is 2.67. The highest BCUT2D eigenvalue weighted by molar-refractivity contribution is 5.78. The number of rotatable bonds is 10. The van der Waals surface area contributed by atoms with Crippen LogP contribution in [0.15, 0.2) is 0 Å². The largest absolute Gasteiger partial charge is 0.391 e. The fourth-order valence-electron chi connectivity index (χ4n) is 4.37. The maximum Gasteiger partial charge on any atom is 0.223 e. The van der Waals surface area contributed by atoms with Crippen molar-refractivity contribution in [1.29, 1.82) is 0 Å². The van der Waals surface area contributed by atoms with E-state index in [4.69, 9.17) is 10.5 Å². The number of hydrogen-bond donors (Lipinski definition) is 3. The number of carbonyl (C=O) groups excluding carboxylic acids is 1. The van der Waals surface area contributed by atoms with Crippen molar-refractivity contribution in [1.82, 2.24) is 10.2 Å². The first-order valence-corrected chi connectivity index (χ1v) is 11.0. The van der Waals surface area contributed by atoms with Crippen LogP contribution in [0.3, 0.4) is 0 Å². The Labute approximate surface area is 165 Å². The molecule has 1 saturated heterocycles. The summed E-state index contributed by atoms with van der Waals surface area (Å²) in [7, 11) is 0. The van der Waals surface area contributed by atoms with Crippen LogP contribution in [0.2, 0.25) is 0 Å². The quantitative estimate of drug-likeness (QED) is 0.535. The van der Waals surface area contributed by atoms with Gasteiger partial charge in [-0.25, -0.2) is 0 Å². The van der Waals surface area contributed by atoms with Crippen molar-refractivity contribution in [2.24, 2.45) is 23.5 Å². The monoisotopic (exact) mass is 383 g/mol. The van der Waals surface area contributed by atoms with Gasteiger partial charge in [0.15, 0.2) is 0 Å². The second-order valence-electron chi connectivity index (χ2n) is 8.80. The average molecular weight is 384 g/mol. The van der Waals surface area contributed by atoms with Gasteiger partial charge in [-0.15, -0.1) is 0 Å². The van der Waals surface area contributed by atoms with Gasteiger partial charge in [0.25, 0.3) is 0 Å². The maximum atomic E-state index is 12.7. The SMILES string of the molecule is CC(C)[C@H](C[C@H](O)[C@@H](N)CC1CCCCC1)C(=O)NCCN1CCOCC1. The van der Waals surface area contributed by atoms with Crippen molar-refractivity contribution >= 4 is 5.91 Å². The minimum Gasteiger partial charge on any atom is -0.391 e. The topological polar surface area (TPSA) is 87.8 Å². The van der Waals surface area contributed by atoms with Gasteiger partial charge in [0.1, 0.15) is 0 Å². The summed E-state index contributed by atoms with van der Waals surface area (Å²) in [4.78, 5) is 15.0. The number of morpholine rings is 1. The van der Waals surface area contributed by atoms with Crippen LogP contribution >= 0.6 is 0 Å². The molecule has 1 saturated carbocycles. The van der Waals surface area contributed by atoms with Gasteiger partial charge in [-0.2, -0.15) is 0 Å². The van der Waals surface area contributed by atoms with E-state index < -0.39 is 6.10 Å². The second kappa shape index (κ2) is 12.0. The van der Waals surface area contributed by atoms with Crippen LogP contribution in [0.25, 0.3) is 0 Å². The standard InChI is InChI=1S/C21H41N3O3/c1-16(2)18(21(26)23-8-9-24-10-12-27-13-11-24)15-20(25)19(22)14-17-6-4-3-5-7-17/h16-20,25H,3-15,22H2,1-2H3,(H,23,26)/t18-,19-,20-/m0/s1. The van der Waals surface area contributed by atoms with Crippen LogP contribution in [0, 0.1) is 17.8 Å². The molecule has 4 N–H and O–H groups in total. The number of aliphatic hydroxyl groups excluding tert-OH is 1. The molecule has 0 aromatic carbocycles. The molecule has 27 heavy (non-hydrogen) atoms. The second-order valence-corrected chi connectivity index (χ2v) is 8.80. The lowest BCUT2D eigenvalue weighted by Crippen LogP contribution is -2.45. The number of nitrogens with one attached hydrogen (secondary N) is 1. The summed E-state index contributed by atoms with van der Waals surface area (Å²) in [5.74, 6) is 0.678. The van der Waals surface area contributed by atoms with Gasteiger partial charge in [-0.1, -0.05) is 46.0 Å². The molecule has 2 rings (SSSR count). The summed E-state index contributed by atoms with van der Waals surface area (Å²) in [5, 5.41) is 13.7. The smallest absolute Gasteiger partial charge is 0.223 e. The van der Waals surface area contributed by atoms with Gasteiger partial charge in [-0.05, 0) is 24.7 Å². The van der Waals surface area contributed by atoms with Crippen LogP contribution in [0.1, 0.15) is 58.8 Å².